The van der Waals surface area contributed by atoms with Gasteiger partial charge in [-0.2, -0.15) is 0 Å². The van der Waals surface area contributed by atoms with Crippen LogP contribution in [0.1, 0.15) is 30.1 Å². The van der Waals surface area contributed by atoms with Crippen LogP contribution in [0, 0.1) is 5.92 Å². The second-order valence-electron chi connectivity index (χ2n) is 6.05. The third kappa shape index (κ3) is 3.11. The van der Waals surface area contributed by atoms with Gasteiger partial charge in [0.25, 0.3) is 5.91 Å². The molecule has 1 amide bonds. The summed E-state index contributed by atoms with van der Waals surface area (Å²) < 4.78 is 5.81. The van der Waals surface area contributed by atoms with Gasteiger partial charge in [0.1, 0.15) is 0 Å². The number of hydrogen-bond donors (Lipinski definition) is 1. The Morgan fingerprint density at radius 3 is 3.14 bits per heavy atom. The molecule has 1 aromatic carbocycles. The van der Waals surface area contributed by atoms with Gasteiger partial charge < -0.3 is 15.0 Å². The normalized spacial score (nSPS) is 25.5. The number of ether oxygens (including phenoxy) is 1. The molecule has 2 aliphatic rings. The predicted molar refractivity (Wildman–Crippen MR) is 82.1 cm³/mol. The number of amides is 1. The van der Waals surface area contributed by atoms with E-state index >= 15 is 0 Å². The summed E-state index contributed by atoms with van der Waals surface area (Å²) in [6.45, 7) is 3.33. The first-order chi connectivity index (χ1) is 10.3. The molecule has 1 aromatic rings. The van der Waals surface area contributed by atoms with Gasteiger partial charge in [-0.3, -0.25) is 4.79 Å². The standard InChI is InChI=1S/C17H24N2O2/c1-18-11-13-5-4-9-19(12-13)17(20)16-15-7-3-2-6-14(15)8-10-21-16/h2-3,6-7,13,16,18H,4-5,8-12H2,1H3. The topological polar surface area (TPSA) is 41.6 Å². The van der Waals surface area contributed by atoms with Crippen molar-refractivity contribution >= 4 is 5.91 Å². The summed E-state index contributed by atoms with van der Waals surface area (Å²) in [4.78, 5) is 14.8. The Hall–Kier alpha value is -1.39. The maximum atomic E-state index is 12.8. The minimum Gasteiger partial charge on any atom is -0.363 e. The molecule has 0 aromatic heterocycles. The molecular formula is C17H24N2O2. The molecule has 2 unspecified atom stereocenters. The third-order valence-corrected chi connectivity index (χ3v) is 4.54. The lowest BCUT2D eigenvalue weighted by molar-refractivity contribution is -0.147. The fourth-order valence-corrected chi connectivity index (χ4v) is 3.48. The highest BCUT2D eigenvalue weighted by atomic mass is 16.5. The van der Waals surface area contributed by atoms with Crippen molar-refractivity contribution in [1.29, 1.82) is 0 Å². The minimum absolute atomic E-state index is 0.142. The smallest absolute Gasteiger partial charge is 0.256 e. The highest BCUT2D eigenvalue weighted by Gasteiger charge is 2.33. The molecule has 0 saturated carbocycles. The van der Waals surface area contributed by atoms with Crippen LogP contribution in [0.4, 0.5) is 0 Å². The largest absolute Gasteiger partial charge is 0.363 e. The van der Waals surface area contributed by atoms with Crippen molar-refractivity contribution < 1.29 is 9.53 Å². The van der Waals surface area contributed by atoms with Crippen molar-refractivity contribution in [2.24, 2.45) is 5.92 Å². The number of carbonyl (C=O) groups is 1. The van der Waals surface area contributed by atoms with Crippen LogP contribution < -0.4 is 5.32 Å². The average Bonchev–Trinajstić information content (AvgIpc) is 2.54. The first-order valence-corrected chi connectivity index (χ1v) is 7.92. The molecule has 3 rings (SSSR count). The van der Waals surface area contributed by atoms with E-state index in [1.807, 2.05) is 30.1 Å². The van der Waals surface area contributed by atoms with Crippen molar-refractivity contribution in [1.82, 2.24) is 10.2 Å². The fraction of sp³-hybridized carbons (Fsp3) is 0.588. The van der Waals surface area contributed by atoms with Crippen LogP contribution in [-0.2, 0) is 16.0 Å². The molecule has 0 aliphatic carbocycles. The molecule has 0 radical (unpaired) electrons. The predicted octanol–water partition coefficient (Wildman–Crippen LogP) is 1.76. The van der Waals surface area contributed by atoms with E-state index in [1.54, 1.807) is 0 Å². The first kappa shape index (κ1) is 14.5. The zero-order valence-corrected chi connectivity index (χ0v) is 12.7. The summed E-state index contributed by atoms with van der Waals surface area (Å²) in [5.41, 5.74) is 2.32. The summed E-state index contributed by atoms with van der Waals surface area (Å²) >= 11 is 0. The van der Waals surface area contributed by atoms with Gasteiger partial charge in [0.05, 0.1) is 6.61 Å². The minimum atomic E-state index is -0.400. The van der Waals surface area contributed by atoms with Gasteiger partial charge in [0.15, 0.2) is 6.10 Å². The van der Waals surface area contributed by atoms with Crippen LogP contribution >= 0.6 is 0 Å². The molecule has 1 N–H and O–H groups in total. The number of rotatable bonds is 3. The van der Waals surface area contributed by atoms with Crippen LogP contribution in [0.15, 0.2) is 24.3 Å². The Morgan fingerprint density at radius 2 is 2.29 bits per heavy atom. The molecule has 0 bridgehead atoms. The Morgan fingerprint density at radius 1 is 1.43 bits per heavy atom. The molecule has 2 heterocycles. The second-order valence-corrected chi connectivity index (χ2v) is 6.05. The molecule has 4 nitrogen and oxygen atoms in total. The lowest BCUT2D eigenvalue weighted by Gasteiger charge is -2.36. The molecule has 1 saturated heterocycles. The first-order valence-electron chi connectivity index (χ1n) is 7.92. The average molecular weight is 288 g/mol. The fourth-order valence-electron chi connectivity index (χ4n) is 3.48. The van der Waals surface area contributed by atoms with Crippen LogP contribution in [-0.4, -0.2) is 44.1 Å². The van der Waals surface area contributed by atoms with Gasteiger partial charge in [0.2, 0.25) is 0 Å². The van der Waals surface area contributed by atoms with Gasteiger partial charge >= 0.3 is 0 Å². The molecule has 1 fully saturated rings. The zero-order valence-electron chi connectivity index (χ0n) is 12.7. The monoisotopic (exact) mass is 288 g/mol. The van der Waals surface area contributed by atoms with Crippen LogP contribution in [0.3, 0.4) is 0 Å². The number of benzene rings is 1. The molecule has 2 aliphatic heterocycles. The number of fused-ring (bicyclic) bond motifs is 1. The van der Waals surface area contributed by atoms with Gasteiger partial charge in [0, 0.05) is 13.1 Å². The number of carbonyl (C=O) groups excluding carboxylic acids is 1. The van der Waals surface area contributed by atoms with E-state index in [4.69, 9.17) is 4.74 Å². The van der Waals surface area contributed by atoms with Crippen molar-refractivity contribution in [2.45, 2.75) is 25.4 Å². The van der Waals surface area contributed by atoms with Crippen molar-refractivity contribution in [3.63, 3.8) is 0 Å². The van der Waals surface area contributed by atoms with E-state index < -0.39 is 6.10 Å². The summed E-state index contributed by atoms with van der Waals surface area (Å²) in [6, 6.07) is 8.17. The van der Waals surface area contributed by atoms with Crippen molar-refractivity contribution in [3.05, 3.63) is 35.4 Å². The SMILES string of the molecule is CNCC1CCCN(C(=O)C2OCCc3ccccc32)C1. The second kappa shape index (κ2) is 6.58. The lowest BCUT2D eigenvalue weighted by atomic mass is 9.94. The Labute approximate surface area is 126 Å². The summed E-state index contributed by atoms with van der Waals surface area (Å²) in [6.07, 6.45) is 2.80. The number of piperidine rings is 1. The summed E-state index contributed by atoms with van der Waals surface area (Å²) in [7, 11) is 1.97. The molecule has 0 spiro atoms. The Bertz CT molecular complexity index is 501. The van der Waals surface area contributed by atoms with E-state index in [9.17, 15) is 4.79 Å². The van der Waals surface area contributed by atoms with E-state index in [2.05, 4.69) is 11.4 Å². The maximum Gasteiger partial charge on any atom is 0.256 e. The van der Waals surface area contributed by atoms with Crippen molar-refractivity contribution in [2.75, 3.05) is 33.3 Å². The lowest BCUT2D eigenvalue weighted by Crippen LogP contribution is -2.45. The number of nitrogens with zero attached hydrogens (tertiary/aromatic N) is 1. The highest BCUT2D eigenvalue weighted by molar-refractivity contribution is 5.83. The van der Waals surface area contributed by atoms with Crippen LogP contribution in [0.2, 0.25) is 0 Å². The van der Waals surface area contributed by atoms with Gasteiger partial charge in [-0.25, -0.2) is 0 Å². The Kier molecular flexibility index (Phi) is 4.56. The number of hydrogen-bond acceptors (Lipinski definition) is 3. The number of nitrogens with one attached hydrogen (secondary N) is 1. The number of likely N-dealkylation sites (tertiary alicyclic amines) is 1. The molecular weight excluding hydrogens is 264 g/mol. The molecule has 4 heteroatoms. The van der Waals surface area contributed by atoms with Gasteiger partial charge in [-0.1, -0.05) is 24.3 Å². The summed E-state index contributed by atoms with van der Waals surface area (Å²) in [5, 5.41) is 3.22. The highest BCUT2D eigenvalue weighted by Crippen LogP contribution is 2.30. The quantitative estimate of drug-likeness (QED) is 0.921. The van der Waals surface area contributed by atoms with E-state index in [0.717, 1.165) is 38.0 Å². The van der Waals surface area contributed by atoms with Gasteiger partial charge in [-0.15, -0.1) is 0 Å². The van der Waals surface area contributed by atoms with Gasteiger partial charge in [-0.05, 0) is 49.9 Å². The van der Waals surface area contributed by atoms with E-state index in [-0.39, 0.29) is 5.91 Å². The molecule has 2 atom stereocenters. The van der Waals surface area contributed by atoms with Crippen LogP contribution in [0.25, 0.3) is 0 Å². The molecule has 21 heavy (non-hydrogen) atoms. The van der Waals surface area contributed by atoms with Crippen molar-refractivity contribution in [3.8, 4) is 0 Å². The zero-order chi connectivity index (χ0) is 14.7. The Balaban J connectivity index is 1.74. The maximum absolute atomic E-state index is 12.8. The third-order valence-electron chi connectivity index (χ3n) is 4.54. The van der Waals surface area contributed by atoms with Crippen LogP contribution in [0.5, 0.6) is 0 Å². The molecule has 114 valence electrons. The summed E-state index contributed by atoms with van der Waals surface area (Å²) in [5.74, 6) is 0.703. The van der Waals surface area contributed by atoms with E-state index in [0.29, 0.717) is 12.5 Å². The van der Waals surface area contributed by atoms with E-state index in [1.165, 1.54) is 12.0 Å².